The molecule has 1 aliphatic rings. The zero-order chi connectivity index (χ0) is 26.5. The Morgan fingerprint density at radius 3 is 1.57 bits per heavy atom. The first-order valence-electron chi connectivity index (χ1n) is 12.8. The van der Waals surface area contributed by atoms with Gasteiger partial charge >= 0.3 is 0 Å². The van der Waals surface area contributed by atoms with Crippen LogP contribution in [0.1, 0.15) is 81.8 Å². The first-order chi connectivity index (χ1) is 17.5. The minimum absolute atomic E-state index is 0.131. The molecule has 0 N–H and O–H groups in total. The Morgan fingerprint density at radius 2 is 1.00 bits per heavy atom. The summed E-state index contributed by atoms with van der Waals surface area (Å²) in [6, 6.07) is 30.8. The van der Waals surface area contributed by atoms with Crippen molar-refractivity contribution in [1.82, 2.24) is 0 Å². The number of anilines is 1. The largest absolute Gasteiger partial charge is 0.268 e. The standard InChI is InChI=1S/C34H33NO2/c1-22-10-13-24(14-11-22)33(3,4)26-8-7-9-27(21-26)34(5,6)25-15-17-28(18-16-25)35-31(36)29-19-12-23(2)20-30(29)32(35)37/h7-21H,1-6H3. The number of hydrogen-bond acceptors (Lipinski definition) is 2. The number of amides is 2. The van der Waals surface area contributed by atoms with E-state index in [1.807, 2.05) is 37.3 Å². The fourth-order valence-electron chi connectivity index (χ4n) is 5.22. The van der Waals surface area contributed by atoms with Crippen LogP contribution in [0.3, 0.4) is 0 Å². The van der Waals surface area contributed by atoms with Gasteiger partial charge in [0.05, 0.1) is 16.8 Å². The molecular formula is C34H33NO2. The van der Waals surface area contributed by atoms with Gasteiger partial charge in [-0.15, -0.1) is 0 Å². The van der Waals surface area contributed by atoms with Gasteiger partial charge < -0.3 is 0 Å². The average Bonchev–Trinajstić information content (AvgIpc) is 3.13. The molecule has 0 bridgehead atoms. The Bertz CT molecular complexity index is 1510. The van der Waals surface area contributed by atoms with Crippen LogP contribution >= 0.6 is 0 Å². The highest BCUT2D eigenvalue weighted by Crippen LogP contribution is 2.38. The lowest BCUT2D eigenvalue weighted by Gasteiger charge is -2.31. The highest BCUT2D eigenvalue weighted by molar-refractivity contribution is 6.34. The van der Waals surface area contributed by atoms with E-state index >= 15 is 0 Å². The van der Waals surface area contributed by atoms with Crippen molar-refractivity contribution in [1.29, 1.82) is 0 Å². The molecule has 0 saturated carbocycles. The Balaban J connectivity index is 1.44. The second-order valence-electron chi connectivity index (χ2n) is 11.2. The molecule has 0 unspecified atom stereocenters. The minimum Gasteiger partial charge on any atom is -0.268 e. The van der Waals surface area contributed by atoms with Gasteiger partial charge in [-0.2, -0.15) is 0 Å². The molecule has 0 aliphatic carbocycles. The number of aryl methyl sites for hydroxylation is 2. The molecule has 0 aromatic heterocycles. The second kappa shape index (κ2) is 8.85. The highest BCUT2D eigenvalue weighted by Gasteiger charge is 2.37. The van der Waals surface area contributed by atoms with Crippen LogP contribution in [0.4, 0.5) is 5.69 Å². The predicted octanol–water partition coefficient (Wildman–Crippen LogP) is 7.76. The molecule has 186 valence electrons. The van der Waals surface area contributed by atoms with E-state index in [2.05, 4.69) is 83.1 Å². The summed E-state index contributed by atoms with van der Waals surface area (Å²) < 4.78 is 0. The lowest BCUT2D eigenvalue weighted by Crippen LogP contribution is -2.29. The van der Waals surface area contributed by atoms with Crippen molar-refractivity contribution in [3.05, 3.63) is 136 Å². The fraction of sp³-hybridized carbons (Fsp3) is 0.235. The van der Waals surface area contributed by atoms with Crippen LogP contribution < -0.4 is 4.90 Å². The molecule has 0 spiro atoms. The number of carbonyl (C=O) groups is 2. The van der Waals surface area contributed by atoms with Crippen LogP contribution in [0.5, 0.6) is 0 Å². The molecule has 0 atom stereocenters. The topological polar surface area (TPSA) is 37.4 Å². The van der Waals surface area contributed by atoms with Gasteiger partial charge in [0.1, 0.15) is 0 Å². The Kier molecular flexibility index (Phi) is 5.91. The summed E-state index contributed by atoms with van der Waals surface area (Å²) in [6.45, 7) is 13.0. The van der Waals surface area contributed by atoms with E-state index in [1.54, 1.807) is 12.1 Å². The molecule has 0 fully saturated rings. The van der Waals surface area contributed by atoms with E-state index in [-0.39, 0.29) is 22.6 Å². The number of imide groups is 1. The Hall–Kier alpha value is -3.98. The van der Waals surface area contributed by atoms with E-state index in [1.165, 1.54) is 27.2 Å². The van der Waals surface area contributed by atoms with Crippen molar-refractivity contribution in [3.8, 4) is 0 Å². The molecule has 1 aliphatic heterocycles. The van der Waals surface area contributed by atoms with E-state index < -0.39 is 0 Å². The number of fused-ring (bicyclic) bond motifs is 1. The van der Waals surface area contributed by atoms with Crippen molar-refractivity contribution in [2.24, 2.45) is 0 Å². The SMILES string of the molecule is Cc1ccc(C(C)(C)c2cccc(C(C)(C)c3ccc(N4C(=O)c5ccc(C)cc5C4=O)cc3)c2)cc1. The fourth-order valence-corrected chi connectivity index (χ4v) is 5.22. The summed E-state index contributed by atoms with van der Waals surface area (Å²) in [6.07, 6.45) is 0. The van der Waals surface area contributed by atoms with Crippen LogP contribution in [0.2, 0.25) is 0 Å². The maximum absolute atomic E-state index is 13.0. The molecule has 37 heavy (non-hydrogen) atoms. The normalized spacial score (nSPS) is 13.7. The predicted molar refractivity (Wildman–Crippen MR) is 151 cm³/mol. The molecule has 4 aromatic carbocycles. The van der Waals surface area contributed by atoms with Crippen LogP contribution in [0.15, 0.2) is 91.0 Å². The summed E-state index contributed by atoms with van der Waals surface area (Å²) in [7, 11) is 0. The Labute approximate surface area is 219 Å². The summed E-state index contributed by atoms with van der Waals surface area (Å²) in [5.74, 6) is -0.528. The van der Waals surface area contributed by atoms with Crippen molar-refractivity contribution >= 4 is 17.5 Å². The number of rotatable bonds is 5. The van der Waals surface area contributed by atoms with Crippen LogP contribution in [0.25, 0.3) is 0 Å². The van der Waals surface area contributed by atoms with Crippen molar-refractivity contribution < 1.29 is 9.59 Å². The molecule has 3 heteroatoms. The summed E-state index contributed by atoms with van der Waals surface area (Å²) >= 11 is 0. The molecule has 2 amide bonds. The van der Waals surface area contributed by atoms with Gasteiger partial charge in [-0.25, -0.2) is 4.90 Å². The first-order valence-corrected chi connectivity index (χ1v) is 12.8. The van der Waals surface area contributed by atoms with Gasteiger partial charge in [-0.1, -0.05) is 106 Å². The van der Waals surface area contributed by atoms with Crippen molar-refractivity contribution in [3.63, 3.8) is 0 Å². The van der Waals surface area contributed by atoms with Gasteiger partial charge in [0.2, 0.25) is 0 Å². The Morgan fingerprint density at radius 1 is 0.514 bits per heavy atom. The zero-order valence-electron chi connectivity index (χ0n) is 22.4. The van der Waals surface area contributed by atoms with Gasteiger partial charge in [-0.05, 0) is 60.4 Å². The van der Waals surface area contributed by atoms with Crippen LogP contribution in [-0.2, 0) is 10.8 Å². The molecule has 1 heterocycles. The third-order valence-electron chi connectivity index (χ3n) is 7.97. The summed E-state index contributed by atoms with van der Waals surface area (Å²) in [4.78, 5) is 27.3. The maximum atomic E-state index is 13.0. The zero-order valence-corrected chi connectivity index (χ0v) is 22.4. The van der Waals surface area contributed by atoms with Gasteiger partial charge in [-0.3, -0.25) is 9.59 Å². The lowest BCUT2D eigenvalue weighted by molar-refractivity contribution is 0.0926. The monoisotopic (exact) mass is 487 g/mol. The lowest BCUT2D eigenvalue weighted by atomic mass is 9.73. The highest BCUT2D eigenvalue weighted by atomic mass is 16.2. The number of hydrogen-bond donors (Lipinski definition) is 0. The first kappa shape index (κ1) is 24.7. The van der Waals surface area contributed by atoms with Gasteiger partial charge in [0.25, 0.3) is 11.8 Å². The number of nitrogens with zero attached hydrogens (tertiary/aromatic N) is 1. The average molecular weight is 488 g/mol. The molecule has 0 saturated heterocycles. The number of carbonyl (C=O) groups excluding carboxylic acids is 2. The van der Waals surface area contributed by atoms with E-state index in [4.69, 9.17) is 0 Å². The van der Waals surface area contributed by atoms with Crippen LogP contribution in [-0.4, -0.2) is 11.8 Å². The molecular weight excluding hydrogens is 454 g/mol. The quantitative estimate of drug-likeness (QED) is 0.270. The summed E-state index contributed by atoms with van der Waals surface area (Å²) in [5.41, 5.74) is 8.25. The smallest absolute Gasteiger partial charge is 0.266 e. The maximum Gasteiger partial charge on any atom is 0.266 e. The van der Waals surface area contributed by atoms with E-state index in [0.717, 1.165) is 11.1 Å². The van der Waals surface area contributed by atoms with E-state index in [9.17, 15) is 9.59 Å². The minimum atomic E-state index is -0.267. The van der Waals surface area contributed by atoms with Crippen molar-refractivity contribution in [2.75, 3.05) is 4.90 Å². The summed E-state index contributed by atoms with van der Waals surface area (Å²) in [5, 5.41) is 0. The van der Waals surface area contributed by atoms with Gasteiger partial charge in [0.15, 0.2) is 0 Å². The van der Waals surface area contributed by atoms with E-state index in [0.29, 0.717) is 16.8 Å². The number of benzene rings is 4. The third-order valence-corrected chi connectivity index (χ3v) is 7.97. The second-order valence-corrected chi connectivity index (χ2v) is 11.2. The van der Waals surface area contributed by atoms with Gasteiger partial charge in [0, 0.05) is 10.8 Å². The van der Waals surface area contributed by atoms with Crippen LogP contribution in [0, 0.1) is 13.8 Å². The molecule has 4 aromatic rings. The molecule has 5 rings (SSSR count). The molecule has 0 radical (unpaired) electrons. The van der Waals surface area contributed by atoms with Crippen molar-refractivity contribution in [2.45, 2.75) is 52.4 Å². The molecule has 3 nitrogen and oxygen atoms in total. The third kappa shape index (κ3) is 4.19.